The molecule has 1 aromatic carbocycles. The molecule has 0 spiro atoms. The minimum Gasteiger partial charge on any atom is -0.495 e. The van der Waals surface area contributed by atoms with Gasteiger partial charge in [0.05, 0.1) is 38.0 Å². The highest BCUT2D eigenvalue weighted by Gasteiger charge is 2.34. The molecule has 0 atom stereocenters. The largest absolute Gasteiger partial charge is 0.495 e. The molecular formula is C15H17ClN2O5. The van der Waals surface area contributed by atoms with Gasteiger partial charge in [0.15, 0.2) is 0 Å². The van der Waals surface area contributed by atoms with Crippen LogP contribution in [0, 0.1) is 0 Å². The second-order valence-electron chi connectivity index (χ2n) is 4.77. The molecule has 2 N–H and O–H groups in total. The van der Waals surface area contributed by atoms with Gasteiger partial charge in [-0.25, -0.2) is 4.79 Å². The topological polar surface area (TPSA) is 88.1 Å². The average Bonchev–Trinajstić information content (AvgIpc) is 2.84. The maximum absolute atomic E-state index is 12.4. The first-order chi connectivity index (χ1) is 11.0. The summed E-state index contributed by atoms with van der Waals surface area (Å²) in [4.78, 5) is 25.6. The van der Waals surface area contributed by atoms with Gasteiger partial charge in [-0.1, -0.05) is 11.6 Å². The minimum atomic E-state index is -0.596. The zero-order valence-electron chi connectivity index (χ0n) is 12.8. The van der Waals surface area contributed by atoms with E-state index in [-0.39, 0.29) is 36.9 Å². The van der Waals surface area contributed by atoms with Crippen LogP contribution in [0.2, 0.25) is 5.02 Å². The number of hydrogen-bond donors (Lipinski definition) is 2. The Morgan fingerprint density at radius 1 is 1.43 bits per heavy atom. The average molecular weight is 341 g/mol. The number of nitrogens with zero attached hydrogens (tertiary/aromatic N) is 1. The number of methoxy groups -OCH3 is 2. The Hall–Kier alpha value is -2.25. The number of halogens is 1. The van der Waals surface area contributed by atoms with Gasteiger partial charge in [0, 0.05) is 12.2 Å². The maximum Gasteiger partial charge on any atom is 0.337 e. The lowest BCUT2D eigenvalue weighted by molar-refractivity contribution is -0.136. The van der Waals surface area contributed by atoms with E-state index in [9.17, 15) is 9.59 Å². The molecule has 0 aromatic heterocycles. The number of carbonyl (C=O) groups excluding carboxylic acids is 2. The van der Waals surface area contributed by atoms with Crippen LogP contribution in [0.1, 0.15) is 0 Å². The van der Waals surface area contributed by atoms with E-state index in [1.165, 1.54) is 19.1 Å². The highest BCUT2D eigenvalue weighted by molar-refractivity contribution is 6.32. The van der Waals surface area contributed by atoms with Crippen LogP contribution >= 0.6 is 11.6 Å². The fourth-order valence-corrected chi connectivity index (χ4v) is 2.50. The van der Waals surface area contributed by atoms with Crippen molar-refractivity contribution in [2.24, 2.45) is 0 Å². The fraction of sp³-hybridized carbons (Fsp3) is 0.333. The zero-order valence-corrected chi connectivity index (χ0v) is 13.5. The lowest BCUT2D eigenvalue weighted by atomic mass is 10.2. The Labute approximate surface area is 138 Å². The number of hydrogen-bond acceptors (Lipinski definition) is 6. The first-order valence-corrected chi connectivity index (χ1v) is 7.21. The summed E-state index contributed by atoms with van der Waals surface area (Å²) in [5, 5.41) is 12.3. The van der Waals surface area contributed by atoms with Crippen LogP contribution in [0.3, 0.4) is 0 Å². The van der Waals surface area contributed by atoms with Gasteiger partial charge in [0.1, 0.15) is 11.4 Å². The fourth-order valence-electron chi connectivity index (χ4n) is 2.24. The molecule has 2 rings (SSSR count). The van der Waals surface area contributed by atoms with E-state index in [2.05, 4.69) is 5.32 Å². The second kappa shape index (κ2) is 7.34. The Morgan fingerprint density at radius 3 is 2.74 bits per heavy atom. The molecule has 1 amide bonds. The summed E-state index contributed by atoms with van der Waals surface area (Å²) in [5.74, 6) is -0.480. The quantitative estimate of drug-likeness (QED) is 0.752. The number of carbonyl (C=O) groups is 2. The highest BCUT2D eigenvalue weighted by atomic mass is 35.5. The van der Waals surface area contributed by atoms with E-state index >= 15 is 0 Å². The predicted molar refractivity (Wildman–Crippen MR) is 84.3 cm³/mol. The molecule has 0 bridgehead atoms. The number of amides is 1. The summed E-state index contributed by atoms with van der Waals surface area (Å²) in [7, 11) is 2.75. The van der Waals surface area contributed by atoms with Gasteiger partial charge >= 0.3 is 5.97 Å². The van der Waals surface area contributed by atoms with Gasteiger partial charge < -0.3 is 24.8 Å². The summed E-state index contributed by atoms with van der Waals surface area (Å²) >= 11 is 6.05. The smallest absolute Gasteiger partial charge is 0.337 e. The second-order valence-corrected chi connectivity index (χ2v) is 5.18. The molecule has 1 aromatic rings. The van der Waals surface area contributed by atoms with Gasteiger partial charge in [-0.2, -0.15) is 0 Å². The van der Waals surface area contributed by atoms with E-state index in [4.69, 9.17) is 26.2 Å². The maximum atomic E-state index is 12.4. The molecule has 0 unspecified atom stereocenters. The van der Waals surface area contributed by atoms with E-state index < -0.39 is 5.97 Å². The van der Waals surface area contributed by atoms with E-state index in [0.29, 0.717) is 16.5 Å². The number of β-amino-alcohol motifs (C(OH)–C–C–N with tert-alkyl or cyclic N) is 1. The third kappa shape index (κ3) is 3.57. The molecule has 8 heteroatoms. The molecule has 23 heavy (non-hydrogen) atoms. The monoisotopic (exact) mass is 340 g/mol. The Bertz CT molecular complexity index is 659. The summed E-state index contributed by atoms with van der Waals surface area (Å²) in [5.41, 5.74) is 0.857. The standard InChI is InChI=1S/C15H17ClN2O5/c1-22-12-4-3-9(7-11(12)16)17-13-10(15(21)23-2)8-18(5-6-19)14(13)20/h3-4,7,17,19H,5-6,8H2,1-2H3. The SMILES string of the molecule is COC(=O)C1=C(Nc2ccc(OC)c(Cl)c2)C(=O)N(CCO)C1. The molecule has 0 aliphatic carbocycles. The molecule has 0 fully saturated rings. The van der Waals surface area contributed by atoms with Crippen LogP contribution in [0.4, 0.5) is 5.69 Å². The molecule has 1 aliphatic heterocycles. The number of anilines is 1. The summed E-state index contributed by atoms with van der Waals surface area (Å²) in [6.07, 6.45) is 0. The zero-order chi connectivity index (χ0) is 17.0. The van der Waals surface area contributed by atoms with E-state index in [0.717, 1.165) is 0 Å². The van der Waals surface area contributed by atoms with Crippen LogP contribution in [0.5, 0.6) is 5.75 Å². The first-order valence-electron chi connectivity index (χ1n) is 6.84. The number of aliphatic hydroxyl groups is 1. The molecule has 0 radical (unpaired) electrons. The molecule has 0 saturated heterocycles. The lowest BCUT2D eigenvalue weighted by Gasteiger charge is -2.15. The van der Waals surface area contributed by atoms with E-state index in [1.54, 1.807) is 18.2 Å². The molecule has 124 valence electrons. The number of aliphatic hydroxyl groups excluding tert-OH is 1. The summed E-state index contributed by atoms with van der Waals surface area (Å²) < 4.78 is 9.78. The number of rotatable bonds is 6. The minimum absolute atomic E-state index is 0.0816. The van der Waals surface area contributed by atoms with E-state index in [1.807, 2.05) is 0 Å². The van der Waals surface area contributed by atoms with Gasteiger partial charge in [0.2, 0.25) is 0 Å². The highest BCUT2D eigenvalue weighted by Crippen LogP contribution is 2.29. The Balaban J connectivity index is 2.31. The number of benzene rings is 1. The van der Waals surface area contributed by atoms with Gasteiger partial charge in [-0.3, -0.25) is 4.79 Å². The molecule has 1 heterocycles. The molecular weight excluding hydrogens is 324 g/mol. The molecule has 0 saturated carbocycles. The molecule has 7 nitrogen and oxygen atoms in total. The van der Waals surface area contributed by atoms with Crippen molar-refractivity contribution in [2.75, 3.05) is 39.2 Å². The summed E-state index contributed by atoms with van der Waals surface area (Å²) in [6, 6.07) is 4.91. The van der Waals surface area contributed by atoms with Gasteiger partial charge in [0.25, 0.3) is 5.91 Å². The third-order valence-electron chi connectivity index (χ3n) is 3.37. The van der Waals surface area contributed by atoms with Crippen molar-refractivity contribution in [1.29, 1.82) is 0 Å². The normalized spacial score (nSPS) is 14.3. The predicted octanol–water partition coefficient (Wildman–Crippen LogP) is 1.02. The number of ether oxygens (including phenoxy) is 2. The van der Waals surface area contributed by atoms with Crippen LogP contribution in [0.25, 0.3) is 0 Å². The van der Waals surface area contributed by atoms with Crippen LogP contribution in [0.15, 0.2) is 29.5 Å². The molecule has 1 aliphatic rings. The Morgan fingerprint density at radius 2 is 2.17 bits per heavy atom. The summed E-state index contributed by atoms with van der Waals surface area (Å²) in [6.45, 7) is 0.0218. The van der Waals surface area contributed by atoms with Crippen molar-refractivity contribution in [3.8, 4) is 5.75 Å². The number of esters is 1. The third-order valence-corrected chi connectivity index (χ3v) is 3.67. The van der Waals surface area contributed by atoms with Crippen molar-refractivity contribution in [3.05, 3.63) is 34.5 Å². The van der Waals surface area contributed by atoms with Gasteiger partial charge in [-0.15, -0.1) is 0 Å². The van der Waals surface area contributed by atoms with Crippen molar-refractivity contribution >= 4 is 29.2 Å². The van der Waals surface area contributed by atoms with Crippen molar-refractivity contribution in [1.82, 2.24) is 4.90 Å². The number of nitrogens with one attached hydrogen (secondary N) is 1. The van der Waals surface area contributed by atoms with Crippen LogP contribution < -0.4 is 10.1 Å². The first kappa shape index (κ1) is 17.1. The van der Waals surface area contributed by atoms with Crippen molar-refractivity contribution in [3.63, 3.8) is 0 Å². The van der Waals surface area contributed by atoms with Crippen molar-refractivity contribution in [2.45, 2.75) is 0 Å². The Kier molecular flexibility index (Phi) is 5.46. The van der Waals surface area contributed by atoms with Gasteiger partial charge in [-0.05, 0) is 18.2 Å². The van der Waals surface area contributed by atoms with Crippen LogP contribution in [-0.4, -0.2) is 55.8 Å². The lowest BCUT2D eigenvalue weighted by Crippen LogP contribution is -2.31. The van der Waals surface area contributed by atoms with Crippen LogP contribution in [-0.2, 0) is 14.3 Å². The van der Waals surface area contributed by atoms with Crippen molar-refractivity contribution < 1.29 is 24.2 Å².